The van der Waals surface area contributed by atoms with Gasteiger partial charge in [-0.15, -0.1) is 5.10 Å². The Morgan fingerprint density at radius 1 is 1.17 bits per heavy atom. The first-order chi connectivity index (χ1) is 14.6. The summed E-state index contributed by atoms with van der Waals surface area (Å²) in [6, 6.07) is 15.1. The maximum atomic E-state index is 14.8. The van der Waals surface area contributed by atoms with Crippen molar-refractivity contribution in [1.29, 1.82) is 0 Å². The predicted molar refractivity (Wildman–Crippen MR) is 110 cm³/mol. The number of hydrogen-bond donors (Lipinski definition) is 1. The van der Waals surface area contributed by atoms with Gasteiger partial charge in [0.25, 0.3) is 0 Å². The lowest BCUT2D eigenvalue weighted by Crippen LogP contribution is -2.26. The molecular formula is C23H21FN4O2. The number of para-hydroxylation sites is 1. The molecule has 1 unspecified atom stereocenters. The van der Waals surface area contributed by atoms with E-state index in [9.17, 15) is 14.3 Å². The van der Waals surface area contributed by atoms with Gasteiger partial charge in [0.05, 0.1) is 29.9 Å². The summed E-state index contributed by atoms with van der Waals surface area (Å²) in [7, 11) is 0. The van der Waals surface area contributed by atoms with Crippen molar-refractivity contribution in [3.63, 3.8) is 0 Å². The molecule has 6 nitrogen and oxygen atoms in total. The number of aliphatic carboxylic acids is 1. The molecule has 1 aliphatic heterocycles. The zero-order valence-corrected chi connectivity index (χ0v) is 16.3. The largest absolute Gasteiger partial charge is 0.481 e. The van der Waals surface area contributed by atoms with Gasteiger partial charge in [-0.05, 0) is 30.0 Å². The summed E-state index contributed by atoms with van der Waals surface area (Å²) in [5.74, 6) is -1.23. The Bertz CT molecular complexity index is 1230. The minimum absolute atomic E-state index is 0.0339. The molecule has 0 radical (unpaired) electrons. The van der Waals surface area contributed by atoms with E-state index in [-0.39, 0.29) is 18.3 Å². The van der Waals surface area contributed by atoms with E-state index in [1.807, 2.05) is 33.5 Å². The number of rotatable bonds is 5. The number of carboxylic acid groups (broad SMARTS) is 1. The SMILES string of the molecule is O=C(O)Cc1c2n(c3c(F)cccc13)CC(n1nncc1Cc1ccccc1)CC2. The summed E-state index contributed by atoms with van der Waals surface area (Å²) < 4.78 is 18.7. The van der Waals surface area contributed by atoms with Crippen molar-refractivity contribution in [2.24, 2.45) is 0 Å². The molecule has 3 heterocycles. The highest BCUT2D eigenvalue weighted by molar-refractivity contribution is 5.89. The highest BCUT2D eigenvalue weighted by atomic mass is 19.1. The van der Waals surface area contributed by atoms with E-state index in [2.05, 4.69) is 22.4 Å². The molecule has 5 rings (SSSR count). The van der Waals surface area contributed by atoms with Gasteiger partial charge in [0.1, 0.15) is 5.82 Å². The van der Waals surface area contributed by atoms with E-state index in [1.165, 1.54) is 11.6 Å². The minimum atomic E-state index is -0.905. The van der Waals surface area contributed by atoms with Gasteiger partial charge in [-0.2, -0.15) is 0 Å². The average Bonchev–Trinajstić information content (AvgIpc) is 3.32. The second-order valence-electron chi connectivity index (χ2n) is 7.77. The van der Waals surface area contributed by atoms with Crippen LogP contribution in [0, 0.1) is 5.82 Å². The topological polar surface area (TPSA) is 72.9 Å². The molecule has 0 saturated carbocycles. The van der Waals surface area contributed by atoms with Crippen LogP contribution < -0.4 is 0 Å². The quantitative estimate of drug-likeness (QED) is 0.550. The Kier molecular flexibility index (Phi) is 4.58. The second-order valence-corrected chi connectivity index (χ2v) is 7.77. The van der Waals surface area contributed by atoms with Crippen molar-refractivity contribution >= 4 is 16.9 Å². The standard InChI is InChI=1S/C23H21FN4O2/c24-20-8-4-7-18-19(12-22(29)30)21-10-9-16(14-27(21)23(18)20)28-17(13-25-26-28)11-15-5-2-1-3-6-15/h1-8,13,16H,9-12,14H2,(H,29,30). The molecule has 0 aliphatic carbocycles. The van der Waals surface area contributed by atoms with Crippen LogP contribution in [0.2, 0.25) is 0 Å². The third-order valence-corrected chi connectivity index (χ3v) is 5.91. The molecule has 0 bridgehead atoms. The van der Waals surface area contributed by atoms with Crippen molar-refractivity contribution in [1.82, 2.24) is 19.6 Å². The van der Waals surface area contributed by atoms with Crippen LogP contribution in [0.1, 0.15) is 35.0 Å². The summed E-state index contributed by atoms with van der Waals surface area (Å²) in [6.07, 6.45) is 3.88. The molecule has 1 N–H and O–H groups in total. The fraction of sp³-hybridized carbons (Fsp3) is 0.261. The van der Waals surface area contributed by atoms with E-state index in [4.69, 9.17) is 0 Å². The van der Waals surface area contributed by atoms with Crippen LogP contribution in [0.4, 0.5) is 4.39 Å². The first-order valence-corrected chi connectivity index (χ1v) is 10.0. The first-order valence-electron chi connectivity index (χ1n) is 10.0. The van der Waals surface area contributed by atoms with E-state index in [0.717, 1.165) is 29.8 Å². The number of benzene rings is 2. The molecule has 2 aromatic heterocycles. The molecule has 0 fully saturated rings. The van der Waals surface area contributed by atoms with Crippen LogP contribution in [-0.2, 0) is 30.6 Å². The first kappa shape index (κ1) is 18.5. The maximum Gasteiger partial charge on any atom is 0.307 e. The van der Waals surface area contributed by atoms with Crippen LogP contribution >= 0.6 is 0 Å². The van der Waals surface area contributed by atoms with Crippen LogP contribution in [0.25, 0.3) is 10.9 Å². The zero-order valence-electron chi connectivity index (χ0n) is 16.3. The molecule has 4 aromatic rings. The van der Waals surface area contributed by atoms with Crippen molar-refractivity contribution in [3.05, 3.63) is 83.1 Å². The minimum Gasteiger partial charge on any atom is -0.481 e. The summed E-state index contributed by atoms with van der Waals surface area (Å²) in [5, 5.41) is 18.5. The number of carbonyl (C=O) groups is 1. The van der Waals surface area contributed by atoms with Crippen LogP contribution in [0.15, 0.2) is 54.7 Å². The van der Waals surface area contributed by atoms with Gasteiger partial charge >= 0.3 is 5.97 Å². The number of carboxylic acids is 1. The van der Waals surface area contributed by atoms with Crippen LogP contribution in [-0.4, -0.2) is 30.6 Å². The van der Waals surface area contributed by atoms with Gasteiger partial charge in [0.2, 0.25) is 0 Å². The summed E-state index contributed by atoms with van der Waals surface area (Å²) in [6.45, 7) is 0.539. The van der Waals surface area contributed by atoms with Crippen LogP contribution in [0.5, 0.6) is 0 Å². The van der Waals surface area contributed by atoms with Crippen molar-refractivity contribution in [2.45, 2.75) is 38.3 Å². The molecule has 152 valence electrons. The van der Waals surface area contributed by atoms with Gasteiger partial charge in [0, 0.05) is 24.0 Å². The number of aromatic nitrogens is 4. The summed E-state index contributed by atoms with van der Waals surface area (Å²) in [5.41, 5.74) is 4.31. The number of halogens is 1. The second kappa shape index (κ2) is 7.40. The summed E-state index contributed by atoms with van der Waals surface area (Å²) in [4.78, 5) is 11.4. The van der Waals surface area contributed by atoms with Gasteiger partial charge in [-0.1, -0.05) is 47.7 Å². The third kappa shape index (κ3) is 3.16. The molecule has 0 spiro atoms. The Morgan fingerprint density at radius 2 is 2.00 bits per heavy atom. The summed E-state index contributed by atoms with van der Waals surface area (Å²) >= 11 is 0. The molecule has 1 atom stereocenters. The lowest BCUT2D eigenvalue weighted by Gasteiger charge is -2.27. The van der Waals surface area contributed by atoms with Crippen molar-refractivity contribution in [2.75, 3.05) is 0 Å². The van der Waals surface area contributed by atoms with Gasteiger partial charge < -0.3 is 9.67 Å². The van der Waals surface area contributed by atoms with Crippen LogP contribution in [0.3, 0.4) is 0 Å². The Balaban J connectivity index is 1.53. The molecule has 0 amide bonds. The van der Waals surface area contributed by atoms with E-state index in [0.29, 0.717) is 23.9 Å². The number of fused-ring (bicyclic) bond motifs is 3. The fourth-order valence-corrected chi connectivity index (χ4v) is 4.63. The fourth-order valence-electron chi connectivity index (χ4n) is 4.63. The number of nitrogens with zero attached hydrogens (tertiary/aromatic N) is 4. The zero-order chi connectivity index (χ0) is 20.7. The monoisotopic (exact) mass is 404 g/mol. The lowest BCUT2D eigenvalue weighted by molar-refractivity contribution is -0.136. The highest BCUT2D eigenvalue weighted by Crippen LogP contribution is 2.36. The maximum absolute atomic E-state index is 14.8. The van der Waals surface area contributed by atoms with Gasteiger partial charge in [-0.25, -0.2) is 9.07 Å². The molecule has 2 aromatic carbocycles. The van der Waals surface area contributed by atoms with E-state index >= 15 is 0 Å². The smallest absolute Gasteiger partial charge is 0.307 e. The molecule has 7 heteroatoms. The Hall–Kier alpha value is -3.48. The Labute approximate surface area is 172 Å². The van der Waals surface area contributed by atoms with Crippen molar-refractivity contribution < 1.29 is 14.3 Å². The molecule has 0 saturated heterocycles. The van der Waals surface area contributed by atoms with E-state index < -0.39 is 5.97 Å². The highest BCUT2D eigenvalue weighted by Gasteiger charge is 2.29. The van der Waals surface area contributed by atoms with Crippen molar-refractivity contribution in [3.8, 4) is 0 Å². The third-order valence-electron chi connectivity index (χ3n) is 5.91. The molecule has 1 aliphatic rings. The average molecular weight is 404 g/mol. The molecule has 30 heavy (non-hydrogen) atoms. The number of hydrogen-bond acceptors (Lipinski definition) is 3. The molecular weight excluding hydrogens is 383 g/mol. The van der Waals surface area contributed by atoms with E-state index in [1.54, 1.807) is 12.3 Å². The predicted octanol–water partition coefficient (Wildman–Crippen LogP) is 3.78. The normalized spacial score (nSPS) is 16.0. The van der Waals surface area contributed by atoms with Gasteiger partial charge in [-0.3, -0.25) is 4.79 Å². The lowest BCUT2D eigenvalue weighted by atomic mass is 10.00. The Morgan fingerprint density at radius 3 is 2.80 bits per heavy atom. The van der Waals surface area contributed by atoms with Gasteiger partial charge in [0.15, 0.2) is 0 Å².